The van der Waals surface area contributed by atoms with Gasteiger partial charge in [-0.3, -0.25) is 14.2 Å². The lowest BCUT2D eigenvalue weighted by Crippen LogP contribution is -2.40. The van der Waals surface area contributed by atoms with Gasteiger partial charge in [-0.25, -0.2) is 9.79 Å². The number of nitrogens with one attached hydrogen (secondary N) is 1. The number of para-hydroxylation sites is 1. The SMILES string of the molecule is COC(=O)c1ccccc1-c1ccc(C=c2sc3n(c2=O)[C@H](c2cccs2)C(C(=O)Nc2ccccc2)=C(C)N=3)o1. The highest BCUT2D eigenvalue weighted by Gasteiger charge is 2.33. The van der Waals surface area contributed by atoms with Crippen LogP contribution >= 0.6 is 22.7 Å². The Labute approximate surface area is 242 Å². The van der Waals surface area contributed by atoms with Crippen LogP contribution in [0.1, 0.15) is 34.0 Å². The topological polar surface area (TPSA) is 103 Å². The number of ether oxygens (including phenoxy) is 1. The molecule has 0 bridgehead atoms. The van der Waals surface area contributed by atoms with Crippen molar-refractivity contribution in [2.24, 2.45) is 4.99 Å². The fraction of sp³-hybridized carbons (Fsp3) is 0.0968. The molecule has 6 rings (SSSR count). The van der Waals surface area contributed by atoms with E-state index in [-0.39, 0.29) is 11.5 Å². The lowest BCUT2D eigenvalue weighted by Gasteiger charge is -2.24. The van der Waals surface area contributed by atoms with Crippen LogP contribution in [0.3, 0.4) is 0 Å². The van der Waals surface area contributed by atoms with Crippen molar-refractivity contribution < 1.29 is 18.7 Å². The van der Waals surface area contributed by atoms with Crippen molar-refractivity contribution in [2.45, 2.75) is 13.0 Å². The lowest BCUT2D eigenvalue weighted by molar-refractivity contribution is -0.113. The van der Waals surface area contributed by atoms with E-state index < -0.39 is 12.0 Å². The zero-order valence-electron chi connectivity index (χ0n) is 22.0. The van der Waals surface area contributed by atoms with Crippen LogP contribution in [0, 0.1) is 0 Å². The Hall–Kier alpha value is -4.80. The van der Waals surface area contributed by atoms with Gasteiger partial charge in [-0.2, -0.15) is 0 Å². The van der Waals surface area contributed by atoms with Gasteiger partial charge in [-0.1, -0.05) is 53.8 Å². The summed E-state index contributed by atoms with van der Waals surface area (Å²) in [5, 5.41) is 4.87. The van der Waals surface area contributed by atoms with Gasteiger partial charge in [0.15, 0.2) is 4.80 Å². The number of amides is 1. The quantitative estimate of drug-likeness (QED) is 0.285. The van der Waals surface area contributed by atoms with Gasteiger partial charge in [0.1, 0.15) is 17.6 Å². The molecule has 1 N–H and O–H groups in total. The van der Waals surface area contributed by atoms with Crippen LogP contribution in [-0.2, 0) is 9.53 Å². The Balaban J connectivity index is 1.42. The summed E-state index contributed by atoms with van der Waals surface area (Å²) < 4.78 is 12.9. The van der Waals surface area contributed by atoms with Gasteiger partial charge in [0, 0.05) is 22.2 Å². The number of anilines is 1. The number of aromatic nitrogens is 1. The normalized spacial score (nSPS) is 14.9. The molecule has 4 heterocycles. The average molecular weight is 582 g/mol. The van der Waals surface area contributed by atoms with Crippen LogP contribution in [-0.4, -0.2) is 23.6 Å². The van der Waals surface area contributed by atoms with Crippen LogP contribution in [0.15, 0.2) is 110 Å². The van der Waals surface area contributed by atoms with Crippen LogP contribution in [0.25, 0.3) is 17.4 Å². The number of rotatable bonds is 6. The number of carbonyl (C=O) groups is 2. The van der Waals surface area contributed by atoms with E-state index >= 15 is 0 Å². The van der Waals surface area contributed by atoms with E-state index in [1.165, 1.54) is 29.8 Å². The summed E-state index contributed by atoms with van der Waals surface area (Å²) in [5.41, 5.74) is 2.30. The molecule has 1 aliphatic rings. The second-order valence-electron chi connectivity index (χ2n) is 9.16. The fourth-order valence-corrected chi connectivity index (χ4v) is 6.59. The third-order valence-corrected chi connectivity index (χ3v) is 8.52. The molecule has 1 amide bonds. The molecule has 41 heavy (non-hydrogen) atoms. The number of thiazole rings is 1. The number of furan rings is 1. The van der Waals surface area contributed by atoms with Crippen molar-refractivity contribution in [3.8, 4) is 11.3 Å². The van der Waals surface area contributed by atoms with Gasteiger partial charge in [0.2, 0.25) is 0 Å². The number of esters is 1. The van der Waals surface area contributed by atoms with Crippen molar-refractivity contribution in [1.29, 1.82) is 0 Å². The zero-order chi connectivity index (χ0) is 28.5. The molecule has 3 aromatic heterocycles. The smallest absolute Gasteiger partial charge is 0.338 e. The molecule has 1 atom stereocenters. The molecule has 5 aromatic rings. The number of benzene rings is 2. The molecule has 204 valence electrons. The second kappa shape index (κ2) is 11.0. The molecule has 0 radical (unpaired) electrons. The summed E-state index contributed by atoms with van der Waals surface area (Å²) >= 11 is 2.70. The van der Waals surface area contributed by atoms with Crippen molar-refractivity contribution in [2.75, 3.05) is 12.4 Å². The van der Waals surface area contributed by atoms with Gasteiger partial charge in [-0.15, -0.1) is 11.3 Å². The predicted octanol–water partition coefficient (Wildman–Crippen LogP) is 4.98. The Bertz CT molecular complexity index is 1980. The Morgan fingerprint density at radius 1 is 1.02 bits per heavy atom. The first-order chi connectivity index (χ1) is 19.9. The number of hydrogen-bond acceptors (Lipinski definition) is 8. The molecule has 1 aliphatic heterocycles. The third kappa shape index (κ3) is 4.99. The van der Waals surface area contributed by atoms with E-state index in [4.69, 9.17) is 9.15 Å². The number of thiophene rings is 1. The van der Waals surface area contributed by atoms with E-state index in [1.807, 2.05) is 47.8 Å². The van der Waals surface area contributed by atoms with Crippen molar-refractivity contribution >= 4 is 46.3 Å². The molecule has 0 saturated carbocycles. The van der Waals surface area contributed by atoms with Crippen LogP contribution in [0.4, 0.5) is 5.69 Å². The monoisotopic (exact) mass is 581 g/mol. The van der Waals surface area contributed by atoms with Gasteiger partial charge in [-0.05, 0) is 48.7 Å². The maximum absolute atomic E-state index is 13.8. The molecule has 10 heteroatoms. The first kappa shape index (κ1) is 26.4. The molecule has 0 fully saturated rings. The molecule has 8 nitrogen and oxygen atoms in total. The number of nitrogens with zero attached hydrogens (tertiary/aromatic N) is 2. The highest BCUT2D eigenvalue weighted by Crippen LogP contribution is 2.33. The minimum absolute atomic E-state index is 0.280. The summed E-state index contributed by atoms with van der Waals surface area (Å²) in [4.78, 5) is 45.6. The standard InChI is InChI=1S/C31H23N3O5S2/c1-18-26(28(35)33-19-9-4-3-5-10-19)27(24-13-8-16-40-24)34-29(36)25(41-31(34)32-18)17-20-14-15-23(39-20)21-11-6-7-12-22(21)30(37)38-2/h3-17,27H,1-2H3,(H,33,35)/t27-/m1/s1. The largest absolute Gasteiger partial charge is 0.465 e. The number of methoxy groups -OCH3 is 1. The summed E-state index contributed by atoms with van der Waals surface area (Å²) in [7, 11) is 1.33. The van der Waals surface area contributed by atoms with E-state index in [9.17, 15) is 14.4 Å². The minimum atomic E-state index is -0.629. The van der Waals surface area contributed by atoms with Crippen molar-refractivity contribution in [3.05, 3.63) is 131 Å². The first-order valence-electron chi connectivity index (χ1n) is 12.6. The summed E-state index contributed by atoms with van der Waals surface area (Å²) in [6.07, 6.45) is 1.66. The number of allylic oxidation sites excluding steroid dienone is 1. The van der Waals surface area contributed by atoms with Crippen LogP contribution in [0.2, 0.25) is 0 Å². The molecule has 0 unspecified atom stereocenters. The molecule has 2 aromatic carbocycles. The number of hydrogen-bond donors (Lipinski definition) is 1. The first-order valence-corrected chi connectivity index (χ1v) is 14.3. The van der Waals surface area contributed by atoms with Crippen molar-refractivity contribution in [3.63, 3.8) is 0 Å². The van der Waals surface area contributed by atoms with Gasteiger partial charge in [0.05, 0.1) is 28.5 Å². The Kier molecular flexibility index (Phi) is 7.08. The number of carbonyl (C=O) groups excluding carboxylic acids is 2. The lowest BCUT2D eigenvalue weighted by atomic mass is 10.0. The summed E-state index contributed by atoms with van der Waals surface area (Å²) in [5.74, 6) is 0.126. The zero-order valence-corrected chi connectivity index (χ0v) is 23.6. The summed E-state index contributed by atoms with van der Waals surface area (Å²) in [6, 6.07) is 22.8. The fourth-order valence-electron chi connectivity index (χ4n) is 4.74. The van der Waals surface area contributed by atoms with Gasteiger partial charge in [0.25, 0.3) is 11.5 Å². The van der Waals surface area contributed by atoms with E-state index in [2.05, 4.69) is 10.3 Å². The molecule has 0 spiro atoms. The maximum atomic E-state index is 13.8. The van der Waals surface area contributed by atoms with Crippen LogP contribution in [0.5, 0.6) is 0 Å². The van der Waals surface area contributed by atoms with Crippen molar-refractivity contribution in [1.82, 2.24) is 4.57 Å². The van der Waals surface area contributed by atoms with Gasteiger partial charge < -0.3 is 14.5 Å². The van der Waals surface area contributed by atoms with E-state index in [0.717, 1.165) is 4.88 Å². The Morgan fingerprint density at radius 3 is 2.56 bits per heavy atom. The van der Waals surface area contributed by atoms with Gasteiger partial charge >= 0.3 is 5.97 Å². The molecular formula is C31H23N3O5S2. The maximum Gasteiger partial charge on any atom is 0.338 e. The minimum Gasteiger partial charge on any atom is -0.465 e. The average Bonchev–Trinajstić information content (AvgIpc) is 3.74. The second-order valence-corrected chi connectivity index (χ2v) is 11.1. The van der Waals surface area contributed by atoms with E-state index in [0.29, 0.717) is 48.9 Å². The molecule has 0 saturated heterocycles. The van der Waals surface area contributed by atoms with Crippen LogP contribution < -0.4 is 20.2 Å². The predicted molar refractivity (Wildman–Crippen MR) is 159 cm³/mol. The van der Waals surface area contributed by atoms with E-state index in [1.54, 1.807) is 54.0 Å². The highest BCUT2D eigenvalue weighted by atomic mass is 32.1. The number of fused-ring (bicyclic) bond motifs is 1. The molecule has 0 aliphatic carbocycles. The summed E-state index contributed by atoms with van der Waals surface area (Å²) in [6.45, 7) is 1.79. The highest BCUT2D eigenvalue weighted by molar-refractivity contribution is 7.10. The Morgan fingerprint density at radius 2 is 1.80 bits per heavy atom. The third-order valence-electron chi connectivity index (χ3n) is 6.61. The molecular weight excluding hydrogens is 558 g/mol.